The van der Waals surface area contributed by atoms with Crippen molar-refractivity contribution in [3.63, 3.8) is 0 Å². The number of amides is 1. The molecule has 158 valence electrons. The predicted octanol–water partition coefficient (Wildman–Crippen LogP) is 1.41. The Morgan fingerprint density at radius 1 is 1.07 bits per heavy atom. The summed E-state index contributed by atoms with van der Waals surface area (Å²) in [6.45, 7) is 4.21. The molecule has 0 fully saturated rings. The van der Waals surface area contributed by atoms with Crippen LogP contribution in [0.1, 0.15) is 25.3 Å². The SMILES string of the molecule is CCC(=O)Nc1ccc(CCCN(C)CCNc2cc(=O)n(C)c(=O)n2C)cc1. The highest BCUT2D eigenvalue weighted by Crippen LogP contribution is 2.11. The molecule has 0 saturated heterocycles. The van der Waals surface area contributed by atoms with E-state index >= 15 is 0 Å². The number of nitrogens with one attached hydrogen (secondary N) is 2. The highest BCUT2D eigenvalue weighted by molar-refractivity contribution is 5.90. The molecule has 1 aromatic heterocycles. The first kappa shape index (κ1) is 22.4. The lowest BCUT2D eigenvalue weighted by atomic mass is 10.1. The number of nitrogens with zero attached hydrogens (tertiary/aromatic N) is 3. The Kier molecular flexibility index (Phi) is 8.21. The van der Waals surface area contributed by atoms with Crippen LogP contribution in [0.4, 0.5) is 11.5 Å². The molecule has 0 aliphatic heterocycles. The highest BCUT2D eigenvalue weighted by Gasteiger charge is 2.06. The summed E-state index contributed by atoms with van der Waals surface area (Å²) < 4.78 is 2.52. The largest absolute Gasteiger partial charge is 0.370 e. The topological polar surface area (TPSA) is 88.4 Å². The molecule has 2 rings (SSSR count). The van der Waals surface area contributed by atoms with E-state index in [-0.39, 0.29) is 17.2 Å². The van der Waals surface area contributed by atoms with Gasteiger partial charge >= 0.3 is 5.69 Å². The fraction of sp³-hybridized carbons (Fsp3) is 0.476. The summed E-state index contributed by atoms with van der Waals surface area (Å²) in [7, 11) is 5.16. The van der Waals surface area contributed by atoms with E-state index in [1.54, 1.807) is 7.05 Å². The third kappa shape index (κ3) is 6.60. The fourth-order valence-electron chi connectivity index (χ4n) is 2.95. The van der Waals surface area contributed by atoms with Crippen molar-refractivity contribution in [2.75, 3.05) is 37.3 Å². The van der Waals surface area contributed by atoms with Crippen LogP contribution in [0.2, 0.25) is 0 Å². The number of aromatic nitrogens is 2. The minimum absolute atomic E-state index is 0.0175. The van der Waals surface area contributed by atoms with Gasteiger partial charge in [0, 0.05) is 45.4 Å². The van der Waals surface area contributed by atoms with Gasteiger partial charge in [-0.1, -0.05) is 19.1 Å². The summed E-state index contributed by atoms with van der Waals surface area (Å²) >= 11 is 0. The van der Waals surface area contributed by atoms with Gasteiger partial charge in [-0.15, -0.1) is 0 Å². The minimum Gasteiger partial charge on any atom is -0.370 e. The van der Waals surface area contributed by atoms with Gasteiger partial charge in [-0.3, -0.25) is 18.7 Å². The van der Waals surface area contributed by atoms with E-state index in [2.05, 4.69) is 15.5 Å². The lowest BCUT2D eigenvalue weighted by Crippen LogP contribution is -2.38. The first-order valence-electron chi connectivity index (χ1n) is 9.90. The van der Waals surface area contributed by atoms with Crippen molar-refractivity contribution in [3.05, 3.63) is 56.7 Å². The molecule has 1 amide bonds. The van der Waals surface area contributed by atoms with E-state index in [1.165, 1.54) is 23.2 Å². The normalized spacial score (nSPS) is 10.9. The number of hydrogen-bond donors (Lipinski definition) is 2. The summed E-state index contributed by atoms with van der Waals surface area (Å²) in [5, 5.41) is 6.01. The molecule has 2 aromatic rings. The van der Waals surface area contributed by atoms with Crippen LogP contribution in [-0.4, -0.2) is 46.6 Å². The lowest BCUT2D eigenvalue weighted by Gasteiger charge is -2.18. The van der Waals surface area contributed by atoms with Gasteiger partial charge in [-0.2, -0.15) is 0 Å². The molecule has 8 nitrogen and oxygen atoms in total. The Bertz CT molecular complexity index is 931. The molecule has 0 radical (unpaired) electrons. The van der Waals surface area contributed by atoms with Gasteiger partial charge in [0.1, 0.15) is 5.82 Å². The van der Waals surface area contributed by atoms with Crippen LogP contribution in [0, 0.1) is 0 Å². The van der Waals surface area contributed by atoms with E-state index < -0.39 is 0 Å². The van der Waals surface area contributed by atoms with Crippen molar-refractivity contribution in [1.82, 2.24) is 14.0 Å². The lowest BCUT2D eigenvalue weighted by molar-refractivity contribution is -0.115. The number of carbonyl (C=O) groups is 1. The van der Waals surface area contributed by atoms with E-state index in [0.29, 0.717) is 18.8 Å². The molecule has 0 atom stereocenters. The zero-order valence-electron chi connectivity index (χ0n) is 17.7. The quantitative estimate of drug-likeness (QED) is 0.628. The molecule has 0 aliphatic rings. The minimum atomic E-state index is -0.339. The summed E-state index contributed by atoms with van der Waals surface area (Å²) in [5.74, 6) is 0.547. The van der Waals surface area contributed by atoms with E-state index in [4.69, 9.17) is 0 Å². The molecule has 2 N–H and O–H groups in total. The van der Waals surface area contributed by atoms with Crippen molar-refractivity contribution in [3.8, 4) is 0 Å². The van der Waals surface area contributed by atoms with E-state index in [0.717, 1.165) is 36.2 Å². The molecule has 1 aromatic carbocycles. The van der Waals surface area contributed by atoms with Crippen molar-refractivity contribution in [1.29, 1.82) is 0 Å². The monoisotopic (exact) mass is 401 g/mol. The Balaban J connectivity index is 1.73. The van der Waals surface area contributed by atoms with Crippen LogP contribution >= 0.6 is 0 Å². The molecule has 0 unspecified atom stereocenters. The van der Waals surface area contributed by atoms with Gasteiger partial charge in [0.25, 0.3) is 5.56 Å². The number of rotatable bonds is 10. The molecular weight excluding hydrogens is 370 g/mol. The second-order valence-electron chi connectivity index (χ2n) is 7.20. The summed E-state index contributed by atoms with van der Waals surface area (Å²) in [5.41, 5.74) is 1.41. The van der Waals surface area contributed by atoms with Crippen LogP contribution in [0.3, 0.4) is 0 Å². The predicted molar refractivity (Wildman–Crippen MR) is 117 cm³/mol. The maximum absolute atomic E-state index is 11.9. The number of carbonyl (C=O) groups excluding carboxylic acids is 1. The van der Waals surface area contributed by atoms with Gasteiger partial charge in [0.15, 0.2) is 0 Å². The van der Waals surface area contributed by atoms with Crippen LogP contribution in [0.25, 0.3) is 0 Å². The number of aryl methyl sites for hydroxylation is 1. The van der Waals surface area contributed by atoms with Gasteiger partial charge in [0.05, 0.1) is 0 Å². The first-order valence-corrected chi connectivity index (χ1v) is 9.90. The Morgan fingerprint density at radius 2 is 1.76 bits per heavy atom. The van der Waals surface area contributed by atoms with Gasteiger partial charge in [-0.25, -0.2) is 4.79 Å². The number of hydrogen-bond acceptors (Lipinski definition) is 5. The van der Waals surface area contributed by atoms with Gasteiger partial charge in [0.2, 0.25) is 5.91 Å². The Morgan fingerprint density at radius 3 is 2.41 bits per heavy atom. The van der Waals surface area contributed by atoms with Gasteiger partial charge < -0.3 is 15.5 Å². The second kappa shape index (κ2) is 10.6. The summed E-state index contributed by atoms with van der Waals surface area (Å²) in [6, 6.07) is 9.40. The summed E-state index contributed by atoms with van der Waals surface area (Å²) in [6.07, 6.45) is 2.45. The maximum Gasteiger partial charge on any atom is 0.332 e. The van der Waals surface area contributed by atoms with Crippen LogP contribution in [0.15, 0.2) is 39.9 Å². The van der Waals surface area contributed by atoms with E-state index in [1.807, 2.05) is 38.2 Å². The van der Waals surface area contributed by atoms with Crippen LogP contribution < -0.4 is 21.9 Å². The zero-order valence-corrected chi connectivity index (χ0v) is 17.7. The highest BCUT2D eigenvalue weighted by atomic mass is 16.2. The Labute approximate surface area is 171 Å². The van der Waals surface area contributed by atoms with E-state index in [9.17, 15) is 14.4 Å². The number of likely N-dealkylation sites (N-methyl/N-ethyl adjacent to an activating group) is 1. The first-order chi connectivity index (χ1) is 13.8. The van der Waals surface area contributed by atoms with Crippen LogP contribution in [-0.2, 0) is 25.3 Å². The molecule has 1 heterocycles. The van der Waals surface area contributed by atoms with Crippen molar-refractivity contribution < 1.29 is 4.79 Å². The van der Waals surface area contributed by atoms with Crippen molar-refractivity contribution in [2.45, 2.75) is 26.2 Å². The molecule has 8 heteroatoms. The van der Waals surface area contributed by atoms with Crippen molar-refractivity contribution in [2.24, 2.45) is 14.1 Å². The molecule has 0 aliphatic carbocycles. The number of benzene rings is 1. The second-order valence-corrected chi connectivity index (χ2v) is 7.20. The van der Waals surface area contributed by atoms with Crippen LogP contribution in [0.5, 0.6) is 0 Å². The van der Waals surface area contributed by atoms with Gasteiger partial charge in [-0.05, 0) is 44.1 Å². The maximum atomic E-state index is 11.9. The Hall–Kier alpha value is -2.87. The standard InChI is InChI=1S/C21H31N5O3/c1-5-19(27)23-17-10-8-16(9-11-17)7-6-13-24(2)14-12-22-18-15-20(28)26(4)21(29)25(18)3/h8-11,15,22H,5-7,12-14H2,1-4H3,(H,23,27). The molecule has 0 saturated carbocycles. The zero-order chi connectivity index (χ0) is 21.4. The molecule has 0 spiro atoms. The molecule has 0 bridgehead atoms. The number of anilines is 2. The molecule has 29 heavy (non-hydrogen) atoms. The summed E-state index contributed by atoms with van der Waals surface area (Å²) in [4.78, 5) is 37.3. The third-order valence-corrected chi connectivity index (χ3v) is 4.89. The fourth-order valence-corrected chi connectivity index (χ4v) is 2.95. The third-order valence-electron chi connectivity index (χ3n) is 4.89. The molecular formula is C21H31N5O3. The average molecular weight is 402 g/mol. The smallest absolute Gasteiger partial charge is 0.332 e. The van der Waals surface area contributed by atoms with Crippen molar-refractivity contribution >= 4 is 17.4 Å². The average Bonchev–Trinajstić information content (AvgIpc) is 2.71.